The van der Waals surface area contributed by atoms with Crippen molar-refractivity contribution in [2.24, 2.45) is 0 Å². The van der Waals surface area contributed by atoms with Gasteiger partial charge in [0.1, 0.15) is 27.4 Å². The zero-order valence-corrected chi connectivity index (χ0v) is 27.7. The number of anilines is 4. The molecule has 46 heavy (non-hydrogen) atoms. The Morgan fingerprint density at radius 3 is 2.39 bits per heavy atom. The maximum Gasteiger partial charge on any atom is 0.330 e. The molecule has 1 aliphatic heterocycles. The first-order chi connectivity index (χ1) is 22.1. The summed E-state index contributed by atoms with van der Waals surface area (Å²) in [5.74, 6) is 1.12. The van der Waals surface area contributed by atoms with Crippen LogP contribution in [0.2, 0.25) is 10.0 Å². The Hall–Kier alpha value is -4.29. The molecule has 0 radical (unpaired) electrons. The number of urea groups is 1. The van der Waals surface area contributed by atoms with Crippen LogP contribution in [0.1, 0.15) is 57.1 Å². The molecule has 1 fully saturated rings. The summed E-state index contributed by atoms with van der Waals surface area (Å²) >= 11 is 13.5. The van der Waals surface area contributed by atoms with E-state index in [9.17, 15) is 14.4 Å². The van der Waals surface area contributed by atoms with Crippen molar-refractivity contribution < 1.29 is 23.9 Å². The Balaban J connectivity index is 1.56. The molecule has 244 valence electrons. The number of nitrogens with one attached hydrogen (secondary N) is 3. The van der Waals surface area contributed by atoms with Gasteiger partial charge < -0.3 is 25.4 Å². The standard InChI is InChI=1S/C32H37Cl2N7O5/c1-5-26(43)37-21-10-8-9-19(13-21)16-41-30-20(15-35-31(39-30)38-23-12-7-6-11-22(23)36-18(2)42)17-40(32(41)44)29-27(33)24(45-3)14-25(46-4)28(29)34/h8-10,13-15,22-23H,5-7,11-12,16-17H2,1-4H3,(H,36,42)(H,37,43)(H,35,38,39). The number of ether oxygens (including phenoxy) is 2. The lowest BCUT2D eigenvalue weighted by Gasteiger charge is -2.37. The van der Waals surface area contributed by atoms with E-state index in [2.05, 4.69) is 20.9 Å². The number of amides is 4. The van der Waals surface area contributed by atoms with Crippen LogP contribution >= 0.6 is 23.2 Å². The van der Waals surface area contributed by atoms with Crippen LogP contribution in [-0.4, -0.2) is 54.1 Å². The second kappa shape index (κ2) is 14.4. The van der Waals surface area contributed by atoms with Crippen molar-refractivity contribution in [3.05, 3.63) is 57.7 Å². The van der Waals surface area contributed by atoms with Crippen molar-refractivity contribution in [3.63, 3.8) is 0 Å². The largest absolute Gasteiger partial charge is 0.495 e. The predicted octanol–water partition coefficient (Wildman–Crippen LogP) is 6.16. The molecule has 2 unspecified atom stereocenters. The van der Waals surface area contributed by atoms with Gasteiger partial charge in [0, 0.05) is 48.9 Å². The van der Waals surface area contributed by atoms with Gasteiger partial charge in [-0.3, -0.25) is 19.4 Å². The molecule has 2 heterocycles. The highest BCUT2D eigenvalue weighted by Gasteiger charge is 2.37. The number of halogens is 2. The highest BCUT2D eigenvalue weighted by molar-refractivity contribution is 6.42. The summed E-state index contributed by atoms with van der Waals surface area (Å²) < 4.78 is 10.9. The molecule has 5 rings (SSSR count). The summed E-state index contributed by atoms with van der Waals surface area (Å²) in [5, 5.41) is 9.60. The summed E-state index contributed by atoms with van der Waals surface area (Å²) in [6.45, 7) is 3.47. The molecule has 2 atom stereocenters. The fourth-order valence-corrected chi connectivity index (χ4v) is 6.50. The van der Waals surface area contributed by atoms with Crippen LogP contribution in [0.15, 0.2) is 36.5 Å². The summed E-state index contributed by atoms with van der Waals surface area (Å²) in [7, 11) is 2.93. The molecule has 0 saturated heterocycles. The number of hydrogen-bond donors (Lipinski definition) is 3. The number of methoxy groups -OCH3 is 2. The van der Waals surface area contributed by atoms with Crippen LogP contribution < -0.4 is 35.2 Å². The lowest BCUT2D eigenvalue weighted by molar-refractivity contribution is -0.120. The zero-order chi connectivity index (χ0) is 33.0. The van der Waals surface area contributed by atoms with Crippen LogP contribution in [-0.2, 0) is 22.7 Å². The number of nitrogens with zero attached hydrogens (tertiary/aromatic N) is 4. The van der Waals surface area contributed by atoms with Crippen molar-refractivity contribution in [1.82, 2.24) is 15.3 Å². The maximum absolute atomic E-state index is 14.4. The van der Waals surface area contributed by atoms with E-state index >= 15 is 0 Å². The van der Waals surface area contributed by atoms with Crippen molar-refractivity contribution in [1.29, 1.82) is 0 Å². The molecular formula is C32H37Cl2N7O5. The van der Waals surface area contributed by atoms with Crippen molar-refractivity contribution >= 4 is 64.2 Å². The SMILES string of the molecule is CCC(=O)Nc1cccc(CN2C(=O)N(c3c(Cl)c(OC)cc(OC)c3Cl)Cc3cnc(NC4CCCCC4NC(C)=O)nc32)c1. The Morgan fingerprint density at radius 2 is 1.74 bits per heavy atom. The predicted molar refractivity (Wildman–Crippen MR) is 178 cm³/mol. The fourth-order valence-electron chi connectivity index (χ4n) is 5.80. The van der Waals surface area contributed by atoms with Crippen LogP contribution in [0, 0.1) is 0 Å². The molecule has 12 nitrogen and oxygen atoms in total. The fraction of sp³-hybridized carbons (Fsp3) is 0.406. The molecular weight excluding hydrogens is 633 g/mol. The Kier molecular flexibility index (Phi) is 10.4. The molecule has 1 aliphatic carbocycles. The van der Waals surface area contributed by atoms with Crippen molar-refractivity contribution in [2.45, 2.75) is 71.1 Å². The van der Waals surface area contributed by atoms with Gasteiger partial charge in [-0.1, -0.05) is 55.1 Å². The van der Waals surface area contributed by atoms with Crippen molar-refractivity contribution in [2.75, 3.05) is 34.7 Å². The van der Waals surface area contributed by atoms with Gasteiger partial charge in [-0.25, -0.2) is 9.78 Å². The molecule has 4 amide bonds. The number of carbonyl (C=O) groups is 3. The van der Waals surface area contributed by atoms with Gasteiger partial charge in [0.05, 0.1) is 33.0 Å². The Morgan fingerprint density at radius 1 is 1.04 bits per heavy atom. The van der Waals surface area contributed by atoms with E-state index in [0.29, 0.717) is 40.9 Å². The molecule has 1 saturated carbocycles. The lowest BCUT2D eigenvalue weighted by Crippen LogP contribution is -2.49. The first kappa shape index (κ1) is 33.1. The summed E-state index contributed by atoms with van der Waals surface area (Å²) in [4.78, 5) is 50.8. The minimum absolute atomic E-state index is 0.0625. The summed E-state index contributed by atoms with van der Waals surface area (Å²) in [6.07, 6.45) is 5.72. The van der Waals surface area contributed by atoms with Crippen LogP contribution in [0.5, 0.6) is 11.5 Å². The normalized spacial score (nSPS) is 17.7. The molecule has 0 bridgehead atoms. The third-order valence-electron chi connectivity index (χ3n) is 8.05. The number of carbonyl (C=O) groups excluding carboxylic acids is 3. The van der Waals surface area contributed by atoms with E-state index in [1.807, 2.05) is 18.2 Å². The zero-order valence-electron chi connectivity index (χ0n) is 26.2. The lowest BCUT2D eigenvalue weighted by atomic mass is 9.90. The minimum Gasteiger partial charge on any atom is -0.495 e. The van der Waals surface area contributed by atoms with E-state index < -0.39 is 6.03 Å². The first-order valence-corrected chi connectivity index (χ1v) is 15.9. The van der Waals surface area contributed by atoms with Crippen LogP contribution in [0.3, 0.4) is 0 Å². The number of fused-ring (bicyclic) bond motifs is 1. The topological polar surface area (TPSA) is 138 Å². The van der Waals surface area contributed by atoms with E-state index in [1.165, 1.54) is 30.9 Å². The molecule has 3 N–H and O–H groups in total. The maximum atomic E-state index is 14.4. The Bertz CT molecular complexity index is 1610. The molecule has 2 aliphatic rings. The third-order valence-corrected chi connectivity index (χ3v) is 8.78. The van der Waals surface area contributed by atoms with E-state index in [4.69, 9.17) is 37.7 Å². The molecule has 0 spiro atoms. The van der Waals surface area contributed by atoms with Gasteiger partial charge in [0.15, 0.2) is 0 Å². The van der Waals surface area contributed by atoms with Gasteiger partial charge in [0.2, 0.25) is 17.8 Å². The smallest absolute Gasteiger partial charge is 0.330 e. The van der Waals surface area contributed by atoms with Gasteiger partial charge >= 0.3 is 6.03 Å². The Labute approximate surface area is 277 Å². The molecule has 1 aromatic heterocycles. The van der Waals surface area contributed by atoms with Gasteiger partial charge in [-0.15, -0.1) is 0 Å². The first-order valence-electron chi connectivity index (χ1n) is 15.1. The number of aromatic nitrogens is 2. The number of benzene rings is 2. The van der Waals surface area contributed by atoms with Crippen molar-refractivity contribution in [3.8, 4) is 11.5 Å². The summed E-state index contributed by atoms with van der Waals surface area (Å²) in [5.41, 5.74) is 2.24. The number of hydrogen-bond acceptors (Lipinski definition) is 8. The average Bonchev–Trinajstić information content (AvgIpc) is 3.04. The third kappa shape index (κ3) is 7.07. The van der Waals surface area contributed by atoms with Crippen LogP contribution in [0.4, 0.5) is 27.9 Å². The van der Waals surface area contributed by atoms with Gasteiger partial charge in [-0.05, 0) is 30.5 Å². The average molecular weight is 671 g/mol. The quantitative estimate of drug-likeness (QED) is 0.234. The van der Waals surface area contributed by atoms with Gasteiger partial charge in [0.25, 0.3) is 0 Å². The molecule has 14 heteroatoms. The monoisotopic (exact) mass is 669 g/mol. The minimum atomic E-state index is -0.437. The highest BCUT2D eigenvalue weighted by atomic mass is 35.5. The van der Waals surface area contributed by atoms with Crippen LogP contribution in [0.25, 0.3) is 0 Å². The number of rotatable bonds is 10. The second-order valence-electron chi connectivity index (χ2n) is 11.2. The molecule has 3 aromatic rings. The van der Waals surface area contributed by atoms with E-state index in [1.54, 1.807) is 25.3 Å². The van der Waals surface area contributed by atoms with E-state index in [-0.39, 0.29) is 52.7 Å². The highest BCUT2D eigenvalue weighted by Crippen LogP contribution is 2.48. The summed E-state index contributed by atoms with van der Waals surface area (Å²) in [6, 6.07) is 8.27. The second-order valence-corrected chi connectivity index (χ2v) is 12.0. The van der Waals surface area contributed by atoms with Gasteiger partial charge in [-0.2, -0.15) is 4.98 Å². The molecule has 2 aromatic carbocycles. The van der Waals surface area contributed by atoms with E-state index in [0.717, 1.165) is 31.2 Å².